The SMILES string of the molecule is CC1O[C@H]1Cn1ccnc1. The second kappa shape index (κ2) is 2.09. The summed E-state index contributed by atoms with van der Waals surface area (Å²) in [5.74, 6) is 0. The number of aromatic nitrogens is 2. The molecule has 1 aromatic heterocycles. The van der Waals surface area contributed by atoms with Crippen LogP contribution < -0.4 is 0 Å². The Morgan fingerprint density at radius 1 is 1.70 bits per heavy atom. The van der Waals surface area contributed by atoms with Crippen LogP contribution >= 0.6 is 0 Å². The average molecular weight is 138 g/mol. The number of rotatable bonds is 2. The number of hydrogen-bond donors (Lipinski definition) is 0. The Balaban J connectivity index is 1.93. The number of hydrogen-bond acceptors (Lipinski definition) is 2. The second-order valence-electron chi connectivity index (χ2n) is 2.64. The van der Waals surface area contributed by atoms with Gasteiger partial charge in [0.2, 0.25) is 0 Å². The Kier molecular flexibility index (Phi) is 1.24. The van der Waals surface area contributed by atoms with Crippen molar-refractivity contribution in [3.63, 3.8) is 0 Å². The third kappa shape index (κ3) is 1.04. The molecule has 2 heterocycles. The first-order valence-electron chi connectivity index (χ1n) is 3.47. The monoisotopic (exact) mass is 138 g/mol. The van der Waals surface area contributed by atoms with E-state index in [1.165, 1.54) is 0 Å². The van der Waals surface area contributed by atoms with Crippen LogP contribution in [0.3, 0.4) is 0 Å². The van der Waals surface area contributed by atoms with Gasteiger partial charge in [0.15, 0.2) is 0 Å². The highest BCUT2D eigenvalue weighted by atomic mass is 16.6. The summed E-state index contributed by atoms with van der Waals surface area (Å²) in [7, 11) is 0. The Labute approximate surface area is 59.6 Å². The van der Waals surface area contributed by atoms with E-state index in [1.807, 2.05) is 17.1 Å². The molecular formula is C7H10N2O. The van der Waals surface area contributed by atoms with E-state index in [4.69, 9.17) is 4.74 Å². The molecule has 0 amide bonds. The van der Waals surface area contributed by atoms with E-state index >= 15 is 0 Å². The van der Waals surface area contributed by atoms with E-state index in [2.05, 4.69) is 11.9 Å². The molecule has 2 atom stereocenters. The molecule has 3 heteroatoms. The lowest BCUT2D eigenvalue weighted by atomic mass is 10.3. The molecule has 0 radical (unpaired) electrons. The predicted octanol–water partition coefficient (Wildman–Crippen LogP) is 0.670. The zero-order chi connectivity index (χ0) is 6.97. The van der Waals surface area contributed by atoms with Gasteiger partial charge in [0.25, 0.3) is 0 Å². The molecule has 10 heavy (non-hydrogen) atoms. The highest BCUT2D eigenvalue weighted by molar-refractivity contribution is 4.84. The Bertz CT molecular complexity index is 207. The van der Waals surface area contributed by atoms with Gasteiger partial charge in [-0.2, -0.15) is 0 Å². The van der Waals surface area contributed by atoms with Crippen molar-refractivity contribution in [2.24, 2.45) is 0 Å². The van der Waals surface area contributed by atoms with Crippen LogP contribution in [0.15, 0.2) is 18.7 Å². The fourth-order valence-electron chi connectivity index (χ4n) is 1.02. The van der Waals surface area contributed by atoms with Crippen molar-refractivity contribution in [1.29, 1.82) is 0 Å². The lowest BCUT2D eigenvalue weighted by molar-refractivity contribution is 0.360. The van der Waals surface area contributed by atoms with Crippen molar-refractivity contribution in [2.75, 3.05) is 0 Å². The second-order valence-corrected chi connectivity index (χ2v) is 2.64. The molecule has 0 N–H and O–H groups in total. The van der Waals surface area contributed by atoms with E-state index < -0.39 is 0 Å². The van der Waals surface area contributed by atoms with Gasteiger partial charge in [-0.1, -0.05) is 0 Å². The molecule has 54 valence electrons. The predicted molar refractivity (Wildman–Crippen MR) is 36.6 cm³/mol. The summed E-state index contributed by atoms with van der Waals surface area (Å²) < 4.78 is 7.28. The number of epoxide rings is 1. The summed E-state index contributed by atoms with van der Waals surface area (Å²) in [4.78, 5) is 3.94. The summed E-state index contributed by atoms with van der Waals surface area (Å²) in [6.07, 6.45) is 6.42. The van der Waals surface area contributed by atoms with Crippen molar-refractivity contribution in [3.05, 3.63) is 18.7 Å². The molecule has 0 aliphatic carbocycles. The lowest BCUT2D eigenvalue weighted by Crippen LogP contribution is -2.02. The normalized spacial score (nSPS) is 30.5. The molecule has 1 fully saturated rings. The first-order chi connectivity index (χ1) is 4.86. The lowest BCUT2D eigenvalue weighted by Gasteiger charge is -1.94. The summed E-state index contributed by atoms with van der Waals surface area (Å²) in [6, 6.07) is 0. The third-order valence-electron chi connectivity index (χ3n) is 1.79. The van der Waals surface area contributed by atoms with E-state index in [1.54, 1.807) is 6.20 Å². The van der Waals surface area contributed by atoms with Crippen LogP contribution in [0.1, 0.15) is 6.92 Å². The van der Waals surface area contributed by atoms with Crippen molar-refractivity contribution < 1.29 is 4.74 Å². The molecule has 1 aliphatic heterocycles. The van der Waals surface area contributed by atoms with Gasteiger partial charge in [-0.05, 0) is 6.92 Å². The maximum Gasteiger partial charge on any atom is 0.102 e. The molecular weight excluding hydrogens is 128 g/mol. The van der Waals surface area contributed by atoms with Crippen LogP contribution in [-0.4, -0.2) is 21.8 Å². The van der Waals surface area contributed by atoms with E-state index in [-0.39, 0.29) is 0 Å². The molecule has 2 rings (SSSR count). The largest absolute Gasteiger partial charge is 0.368 e. The van der Waals surface area contributed by atoms with Gasteiger partial charge in [-0.3, -0.25) is 0 Å². The van der Waals surface area contributed by atoms with Gasteiger partial charge in [-0.15, -0.1) is 0 Å². The van der Waals surface area contributed by atoms with Crippen LogP contribution in [0.5, 0.6) is 0 Å². The third-order valence-corrected chi connectivity index (χ3v) is 1.79. The first-order valence-corrected chi connectivity index (χ1v) is 3.47. The minimum absolute atomic E-state index is 0.425. The van der Waals surface area contributed by atoms with Crippen LogP contribution in [0, 0.1) is 0 Å². The first kappa shape index (κ1) is 5.92. The zero-order valence-corrected chi connectivity index (χ0v) is 5.90. The molecule has 0 saturated carbocycles. The van der Waals surface area contributed by atoms with E-state index in [0.717, 1.165) is 6.54 Å². The standard InChI is InChI=1S/C7H10N2O/c1-6-7(10-6)4-9-3-2-8-5-9/h2-3,5-7H,4H2,1H3/t6?,7-/m0/s1. The van der Waals surface area contributed by atoms with Crippen LogP contribution in [0.25, 0.3) is 0 Å². The number of ether oxygens (including phenoxy) is 1. The van der Waals surface area contributed by atoms with Crippen molar-refractivity contribution in [3.8, 4) is 0 Å². The molecule has 1 unspecified atom stereocenters. The Hall–Kier alpha value is -0.830. The van der Waals surface area contributed by atoms with E-state index in [9.17, 15) is 0 Å². The van der Waals surface area contributed by atoms with Crippen LogP contribution in [-0.2, 0) is 11.3 Å². The molecule has 1 aliphatic rings. The van der Waals surface area contributed by atoms with Crippen molar-refractivity contribution in [1.82, 2.24) is 9.55 Å². The van der Waals surface area contributed by atoms with Gasteiger partial charge in [0, 0.05) is 12.4 Å². The Morgan fingerprint density at radius 3 is 3.00 bits per heavy atom. The van der Waals surface area contributed by atoms with E-state index in [0.29, 0.717) is 12.2 Å². The smallest absolute Gasteiger partial charge is 0.102 e. The van der Waals surface area contributed by atoms with Gasteiger partial charge in [0.1, 0.15) is 6.10 Å². The summed E-state index contributed by atoms with van der Waals surface area (Å²) >= 11 is 0. The fourth-order valence-corrected chi connectivity index (χ4v) is 1.02. The van der Waals surface area contributed by atoms with Gasteiger partial charge < -0.3 is 9.30 Å². The van der Waals surface area contributed by atoms with Gasteiger partial charge >= 0.3 is 0 Å². The highest BCUT2D eigenvalue weighted by Gasteiger charge is 2.33. The maximum atomic E-state index is 5.24. The zero-order valence-electron chi connectivity index (χ0n) is 5.90. The summed E-state index contributed by atoms with van der Waals surface area (Å²) in [6.45, 7) is 3.03. The van der Waals surface area contributed by atoms with Crippen LogP contribution in [0.4, 0.5) is 0 Å². The molecule has 0 bridgehead atoms. The van der Waals surface area contributed by atoms with Crippen molar-refractivity contribution >= 4 is 0 Å². The minimum atomic E-state index is 0.425. The molecule has 1 aromatic rings. The fraction of sp³-hybridized carbons (Fsp3) is 0.571. The summed E-state index contributed by atoms with van der Waals surface area (Å²) in [5, 5.41) is 0. The molecule has 0 spiro atoms. The van der Waals surface area contributed by atoms with Crippen molar-refractivity contribution in [2.45, 2.75) is 25.7 Å². The quantitative estimate of drug-likeness (QED) is 0.562. The van der Waals surface area contributed by atoms with Gasteiger partial charge in [0.05, 0.1) is 19.0 Å². The highest BCUT2D eigenvalue weighted by Crippen LogP contribution is 2.22. The topological polar surface area (TPSA) is 30.4 Å². The number of nitrogens with zero attached hydrogens (tertiary/aromatic N) is 2. The molecule has 0 aromatic carbocycles. The summed E-state index contributed by atoms with van der Waals surface area (Å²) in [5.41, 5.74) is 0. The Morgan fingerprint density at radius 2 is 2.50 bits per heavy atom. The van der Waals surface area contributed by atoms with Gasteiger partial charge in [-0.25, -0.2) is 4.98 Å². The molecule has 1 saturated heterocycles. The molecule has 3 nitrogen and oxygen atoms in total. The maximum absolute atomic E-state index is 5.24. The minimum Gasteiger partial charge on any atom is -0.368 e. The average Bonchev–Trinajstić information content (AvgIpc) is 2.48. The van der Waals surface area contributed by atoms with Crippen LogP contribution in [0.2, 0.25) is 0 Å². The number of imidazole rings is 1.